The molecular formula is C70H126N8O30P-. The van der Waals surface area contributed by atoms with Gasteiger partial charge in [-0.3, -0.25) is 42.9 Å². The molecule has 0 radical (unpaired) electrons. The van der Waals surface area contributed by atoms with Gasteiger partial charge in [-0.15, -0.1) is 0 Å². The molecule has 4 rings (SSSR count). The maximum absolute atomic E-state index is 14.2. The fourth-order valence-electron chi connectivity index (χ4n) is 12.9. The van der Waals surface area contributed by atoms with E-state index in [1.54, 1.807) is 4.90 Å². The number of piperidine rings is 1. The highest BCUT2D eigenvalue weighted by atomic mass is 31.2. The second kappa shape index (κ2) is 54.8. The number of carbonyl (C=O) groups excluding carboxylic acids is 8. The molecule has 4 saturated heterocycles. The molecule has 0 aromatic heterocycles. The van der Waals surface area contributed by atoms with Gasteiger partial charge in [0.25, 0.3) is 7.82 Å². The predicted octanol–water partition coefficient (Wildman–Crippen LogP) is -3.46. The van der Waals surface area contributed by atoms with Crippen molar-refractivity contribution in [1.82, 2.24) is 42.1 Å². The largest absolute Gasteiger partial charge is 0.756 e. The molecule has 632 valence electrons. The van der Waals surface area contributed by atoms with Crippen LogP contribution in [0.5, 0.6) is 0 Å². The summed E-state index contributed by atoms with van der Waals surface area (Å²) in [4.78, 5) is 115. The lowest BCUT2D eigenvalue weighted by atomic mass is 9.86. The summed E-state index contributed by atoms with van der Waals surface area (Å²) in [6.07, 6.45) is -5.31. The monoisotopic (exact) mass is 1590 g/mol. The van der Waals surface area contributed by atoms with E-state index in [4.69, 9.17) is 47.2 Å². The standard InChI is InChI=1S/C70H127N8O30P/c1-45(82)75-58-64(93)61(90)50(40-79)106-68(58)102-31-17-9-5-13-28-72-54(86)24-35-99-43-48-38-78(57(89)23-21-22-53(85)71-27-16-8-12-20-34-105-109(96,97)98-4)39-49(44-100-36-25-55(87)73-29-14-6-10-18-32-103-69-59(76-46(2)83)65(94)62(91)51(41-80)107-69)67(48)101-37-26-56(88)74-30-15-7-11-19-33-104-70-60(77-47(3)84)66(95)63(92)52(42-81)108-70/h48-52,58-70,79-81,90-95H,5-44H2,1-4H3,(H,71,85)(H,72,86)(H,73,87)(H,74,88)(H,75,82)(H,76,83)(H,77,84)(H,96,97)/p-1. The van der Waals surface area contributed by atoms with Crippen molar-refractivity contribution < 1.29 is 145 Å². The van der Waals surface area contributed by atoms with Crippen LogP contribution < -0.4 is 42.1 Å². The number of hydrogen-bond acceptors (Lipinski definition) is 30. The number of aliphatic hydroxyl groups excluding tert-OH is 9. The lowest BCUT2D eigenvalue weighted by Crippen LogP contribution is -2.64. The number of phosphoric acid groups is 1. The highest BCUT2D eigenvalue weighted by Crippen LogP contribution is 2.37. The minimum atomic E-state index is -4.30. The molecule has 0 aromatic rings. The van der Waals surface area contributed by atoms with Gasteiger partial charge < -0.3 is 145 Å². The minimum absolute atomic E-state index is 0.000649. The number of hydrogen-bond donors (Lipinski definition) is 16. The second-order valence-electron chi connectivity index (χ2n) is 27.8. The number of unbranched alkanes of at least 4 members (excludes halogenated alkanes) is 12. The Labute approximate surface area is 638 Å². The number of likely N-dealkylation sites (tertiary alicyclic amines) is 1. The molecule has 4 heterocycles. The summed E-state index contributed by atoms with van der Waals surface area (Å²) in [7, 11) is -3.28. The Bertz CT molecular complexity index is 2580. The third-order valence-corrected chi connectivity index (χ3v) is 19.8. The number of rotatable bonds is 57. The molecule has 18 unspecified atom stereocenters. The van der Waals surface area contributed by atoms with E-state index in [-0.39, 0.29) is 141 Å². The van der Waals surface area contributed by atoms with Crippen molar-refractivity contribution in [3.05, 3.63) is 0 Å². The number of ether oxygens (including phenoxy) is 9. The molecule has 109 heavy (non-hydrogen) atoms. The summed E-state index contributed by atoms with van der Waals surface area (Å²) in [5, 5.41) is 111. The molecule has 0 spiro atoms. The zero-order chi connectivity index (χ0) is 80.1. The van der Waals surface area contributed by atoms with Gasteiger partial charge >= 0.3 is 0 Å². The van der Waals surface area contributed by atoms with Gasteiger partial charge in [-0.25, -0.2) is 0 Å². The van der Waals surface area contributed by atoms with Crippen LogP contribution in [0.2, 0.25) is 0 Å². The van der Waals surface area contributed by atoms with E-state index in [9.17, 15) is 93.8 Å². The molecule has 0 saturated carbocycles. The van der Waals surface area contributed by atoms with Crippen molar-refractivity contribution in [3.63, 3.8) is 0 Å². The molecular weight excluding hydrogens is 1460 g/mol. The van der Waals surface area contributed by atoms with Crippen molar-refractivity contribution in [2.45, 2.75) is 260 Å². The molecule has 16 N–H and O–H groups in total. The third-order valence-electron chi connectivity index (χ3n) is 18.9. The predicted molar refractivity (Wildman–Crippen MR) is 383 cm³/mol. The lowest BCUT2D eigenvalue weighted by Gasteiger charge is -2.43. The number of carbonyl (C=O) groups is 8. The first-order valence-electron chi connectivity index (χ1n) is 38.4. The minimum Gasteiger partial charge on any atom is -0.756 e. The molecule has 0 aromatic carbocycles. The van der Waals surface area contributed by atoms with Gasteiger partial charge in [0.15, 0.2) is 18.9 Å². The van der Waals surface area contributed by atoms with Crippen molar-refractivity contribution in [2.75, 3.05) is 126 Å². The first-order chi connectivity index (χ1) is 52.2. The SMILES string of the molecule is COP(=O)([O-])OCCCCCCNC(=O)CCCC(=O)N1CC(COCCC(=O)NCCCCCCOC2OC(CO)C(O)C(O)C2NC(C)=O)C(OCCC(=O)NCCCCCCOC2OC(CO)C(O)C(O)C2NC(C)=O)C(COCCC(=O)NCCCCCCOC2OC(CO)C(O)C(O)C2NC(C)=O)C1. The Morgan fingerprint density at radius 1 is 0.413 bits per heavy atom. The quantitative estimate of drug-likeness (QED) is 0.0208. The Kier molecular flexibility index (Phi) is 48.5. The van der Waals surface area contributed by atoms with Crippen molar-refractivity contribution in [3.8, 4) is 0 Å². The van der Waals surface area contributed by atoms with Crippen LogP contribution in [0.4, 0.5) is 0 Å². The van der Waals surface area contributed by atoms with Crippen LogP contribution in [0.15, 0.2) is 0 Å². The second-order valence-corrected chi connectivity index (χ2v) is 29.4. The Hall–Kier alpha value is -4.85. The van der Waals surface area contributed by atoms with Crippen LogP contribution in [-0.4, -0.2) is 322 Å². The third kappa shape index (κ3) is 37.8. The summed E-state index contributed by atoms with van der Waals surface area (Å²) >= 11 is 0. The van der Waals surface area contributed by atoms with E-state index < -0.39 is 155 Å². The maximum Gasteiger partial charge on any atom is 0.267 e. The molecule has 4 fully saturated rings. The summed E-state index contributed by atoms with van der Waals surface area (Å²) in [6, 6.07) is -3.17. The molecule has 38 nitrogen and oxygen atoms in total. The first-order valence-corrected chi connectivity index (χ1v) is 39.9. The Balaban J connectivity index is 1.33. The highest BCUT2D eigenvalue weighted by Gasteiger charge is 2.48. The molecule has 4 aliphatic heterocycles. The molecule has 0 aliphatic carbocycles. The Morgan fingerprint density at radius 2 is 0.734 bits per heavy atom. The van der Waals surface area contributed by atoms with Crippen molar-refractivity contribution >= 4 is 55.1 Å². The number of aliphatic hydroxyl groups is 9. The van der Waals surface area contributed by atoms with E-state index in [1.807, 2.05) is 0 Å². The van der Waals surface area contributed by atoms with Crippen LogP contribution in [-0.2, 0) is 94.6 Å². The van der Waals surface area contributed by atoms with Gasteiger partial charge in [-0.1, -0.05) is 51.4 Å². The van der Waals surface area contributed by atoms with Crippen LogP contribution in [0, 0.1) is 11.8 Å². The summed E-state index contributed by atoms with van der Waals surface area (Å²) in [5.41, 5.74) is 0. The zero-order valence-corrected chi connectivity index (χ0v) is 64.6. The summed E-state index contributed by atoms with van der Waals surface area (Å²) in [6.45, 7) is 4.39. The maximum atomic E-state index is 14.2. The van der Waals surface area contributed by atoms with E-state index in [2.05, 4.69) is 41.7 Å². The van der Waals surface area contributed by atoms with Crippen LogP contribution >= 0.6 is 7.82 Å². The Morgan fingerprint density at radius 3 is 1.06 bits per heavy atom. The van der Waals surface area contributed by atoms with Gasteiger partial charge in [-0.2, -0.15) is 0 Å². The highest BCUT2D eigenvalue weighted by molar-refractivity contribution is 7.45. The molecule has 18 atom stereocenters. The average Bonchev–Trinajstić information content (AvgIpc) is 0.831. The topological polar surface area (TPSA) is 548 Å². The van der Waals surface area contributed by atoms with E-state index in [0.717, 1.165) is 7.11 Å². The van der Waals surface area contributed by atoms with E-state index >= 15 is 0 Å². The van der Waals surface area contributed by atoms with E-state index in [1.165, 1.54) is 20.8 Å². The molecule has 4 aliphatic rings. The van der Waals surface area contributed by atoms with Gasteiger partial charge in [0.05, 0.1) is 65.6 Å². The fraction of sp³-hybridized carbons (Fsp3) is 0.886. The number of nitrogens with zero attached hydrogens (tertiary/aromatic N) is 1. The number of phosphoric ester groups is 1. The van der Waals surface area contributed by atoms with Crippen molar-refractivity contribution in [2.24, 2.45) is 11.8 Å². The normalized spacial score (nSPS) is 27.6. The first kappa shape index (κ1) is 96.5. The van der Waals surface area contributed by atoms with Crippen molar-refractivity contribution in [1.29, 1.82) is 0 Å². The molecule has 8 amide bonds. The number of nitrogens with one attached hydrogen (secondary N) is 7. The van der Waals surface area contributed by atoms with Gasteiger partial charge in [-0.05, 0) is 57.8 Å². The van der Waals surface area contributed by atoms with Gasteiger partial charge in [0, 0.05) is 131 Å². The lowest BCUT2D eigenvalue weighted by molar-refractivity contribution is -0.270. The average molecular weight is 1590 g/mol. The smallest absolute Gasteiger partial charge is 0.267 e. The summed E-state index contributed by atoms with van der Waals surface area (Å²) < 4.78 is 73.6. The van der Waals surface area contributed by atoms with Gasteiger partial charge in [0.1, 0.15) is 73.1 Å². The molecule has 0 bridgehead atoms. The summed E-state index contributed by atoms with van der Waals surface area (Å²) in [5.74, 6) is -3.73. The molecule has 39 heteroatoms. The fourth-order valence-corrected chi connectivity index (χ4v) is 13.4. The zero-order valence-electron chi connectivity index (χ0n) is 63.7. The van der Waals surface area contributed by atoms with Crippen LogP contribution in [0.1, 0.15) is 162 Å². The van der Waals surface area contributed by atoms with Gasteiger partial charge in [0.2, 0.25) is 47.3 Å². The van der Waals surface area contributed by atoms with E-state index in [0.29, 0.717) is 129 Å². The van der Waals surface area contributed by atoms with Crippen LogP contribution in [0.3, 0.4) is 0 Å². The van der Waals surface area contributed by atoms with Crippen LogP contribution in [0.25, 0.3) is 0 Å². The number of amides is 8.